The second-order valence-corrected chi connectivity index (χ2v) is 5.11. The molecule has 0 aliphatic heterocycles. The van der Waals surface area contributed by atoms with Crippen molar-refractivity contribution in [3.63, 3.8) is 0 Å². The van der Waals surface area contributed by atoms with Gasteiger partial charge in [-0.15, -0.1) is 0 Å². The Balaban J connectivity index is 2.29. The van der Waals surface area contributed by atoms with Crippen molar-refractivity contribution in [3.05, 3.63) is 12.2 Å². The van der Waals surface area contributed by atoms with Gasteiger partial charge in [0.05, 0.1) is 11.7 Å². The van der Waals surface area contributed by atoms with Crippen LogP contribution in [0, 0.1) is 5.92 Å². The molecule has 2 nitrogen and oxygen atoms in total. The number of methoxy groups -OCH3 is 1. The van der Waals surface area contributed by atoms with Crippen molar-refractivity contribution in [2.45, 2.75) is 57.7 Å². The van der Waals surface area contributed by atoms with Crippen LogP contribution in [0.3, 0.4) is 0 Å². The van der Waals surface area contributed by atoms with Crippen LogP contribution in [0.1, 0.15) is 46.0 Å². The SMILES string of the molecule is COC(C)(C)CCC(O)C1CC=CCC1. The van der Waals surface area contributed by atoms with Crippen LogP contribution in [-0.4, -0.2) is 23.9 Å². The second kappa shape index (κ2) is 5.66. The molecule has 2 heteroatoms. The number of allylic oxidation sites excluding steroid dienone is 2. The molecule has 88 valence electrons. The van der Waals surface area contributed by atoms with Gasteiger partial charge >= 0.3 is 0 Å². The van der Waals surface area contributed by atoms with Crippen molar-refractivity contribution < 1.29 is 9.84 Å². The van der Waals surface area contributed by atoms with E-state index >= 15 is 0 Å². The van der Waals surface area contributed by atoms with Gasteiger partial charge in [-0.2, -0.15) is 0 Å². The molecule has 1 aliphatic rings. The summed E-state index contributed by atoms with van der Waals surface area (Å²) < 4.78 is 5.35. The van der Waals surface area contributed by atoms with Crippen molar-refractivity contribution in [1.82, 2.24) is 0 Å². The fourth-order valence-electron chi connectivity index (χ4n) is 2.00. The van der Waals surface area contributed by atoms with Crippen LogP contribution in [0.2, 0.25) is 0 Å². The van der Waals surface area contributed by atoms with E-state index in [1.165, 1.54) is 0 Å². The minimum Gasteiger partial charge on any atom is -0.393 e. The third-order valence-electron chi connectivity index (χ3n) is 3.45. The average molecular weight is 212 g/mol. The van der Waals surface area contributed by atoms with Crippen LogP contribution in [0.25, 0.3) is 0 Å². The molecule has 1 rings (SSSR count). The third-order valence-corrected chi connectivity index (χ3v) is 3.45. The van der Waals surface area contributed by atoms with E-state index in [0.717, 1.165) is 32.1 Å². The Bertz CT molecular complexity index is 209. The summed E-state index contributed by atoms with van der Waals surface area (Å²) in [6.45, 7) is 4.14. The molecule has 0 amide bonds. The monoisotopic (exact) mass is 212 g/mol. The number of hydrogen-bond donors (Lipinski definition) is 1. The van der Waals surface area contributed by atoms with E-state index in [4.69, 9.17) is 4.74 Å². The molecule has 0 heterocycles. The Morgan fingerprint density at radius 1 is 1.47 bits per heavy atom. The van der Waals surface area contributed by atoms with Crippen LogP contribution in [0.5, 0.6) is 0 Å². The van der Waals surface area contributed by atoms with Crippen molar-refractivity contribution in [2.75, 3.05) is 7.11 Å². The zero-order valence-electron chi connectivity index (χ0n) is 10.2. The minimum absolute atomic E-state index is 0.106. The van der Waals surface area contributed by atoms with Crippen molar-refractivity contribution in [3.8, 4) is 0 Å². The largest absolute Gasteiger partial charge is 0.393 e. The summed E-state index contributed by atoms with van der Waals surface area (Å²) >= 11 is 0. The average Bonchev–Trinajstić information content (AvgIpc) is 2.27. The maximum Gasteiger partial charge on any atom is 0.0623 e. The maximum atomic E-state index is 10.0. The van der Waals surface area contributed by atoms with Crippen molar-refractivity contribution >= 4 is 0 Å². The van der Waals surface area contributed by atoms with Gasteiger partial charge in [-0.25, -0.2) is 0 Å². The first kappa shape index (κ1) is 12.7. The van der Waals surface area contributed by atoms with Crippen molar-refractivity contribution in [1.29, 1.82) is 0 Å². The summed E-state index contributed by atoms with van der Waals surface area (Å²) in [5, 5.41) is 10.0. The van der Waals surface area contributed by atoms with E-state index in [2.05, 4.69) is 26.0 Å². The zero-order chi connectivity index (χ0) is 11.3. The number of aliphatic hydroxyl groups excluding tert-OH is 1. The lowest BCUT2D eigenvalue weighted by Gasteiger charge is -2.28. The molecule has 0 fully saturated rings. The van der Waals surface area contributed by atoms with Gasteiger partial charge in [-0.05, 0) is 51.9 Å². The first-order valence-electron chi connectivity index (χ1n) is 5.93. The molecule has 2 atom stereocenters. The maximum absolute atomic E-state index is 10.0. The lowest BCUT2D eigenvalue weighted by Crippen LogP contribution is -2.28. The molecule has 0 saturated carbocycles. The molecule has 15 heavy (non-hydrogen) atoms. The van der Waals surface area contributed by atoms with Gasteiger partial charge in [0.1, 0.15) is 0 Å². The van der Waals surface area contributed by atoms with Crippen LogP contribution in [0.15, 0.2) is 12.2 Å². The lowest BCUT2D eigenvalue weighted by atomic mass is 9.85. The molecular formula is C13H24O2. The standard InChI is InChI=1S/C13H24O2/c1-13(2,15-3)10-9-12(14)11-7-5-4-6-8-11/h4-5,11-12,14H,6-10H2,1-3H3. The van der Waals surface area contributed by atoms with Crippen molar-refractivity contribution in [2.24, 2.45) is 5.92 Å². The van der Waals surface area contributed by atoms with E-state index in [-0.39, 0.29) is 11.7 Å². The number of rotatable bonds is 5. The third kappa shape index (κ3) is 4.35. The molecule has 0 aromatic carbocycles. The number of aliphatic hydroxyl groups is 1. The minimum atomic E-state index is -0.163. The molecule has 0 bridgehead atoms. The van der Waals surface area contributed by atoms with E-state index in [1.807, 2.05) is 0 Å². The molecule has 0 aromatic heterocycles. The van der Waals surface area contributed by atoms with Crippen LogP contribution >= 0.6 is 0 Å². The smallest absolute Gasteiger partial charge is 0.0623 e. The normalized spacial score (nSPS) is 24.1. The number of ether oxygens (including phenoxy) is 1. The molecule has 2 unspecified atom stereocenters. The van der Waals surface area contributed by atoms with Gasteiger partial charge in [-0.3, -0.25) is 0 Å². The van der Waals surface area contributed by atoms with Gasteiger partial charge in [0.15, 0.2) is 0 Å². The summed E-state index contributed by atoms with van der Waals surface area (Å²) in [5.74, 6) is 0.461. The highest BCUT2D eigenvalue weighted by molar-refractivity contribution is 4.92. The Labute approximate surface area is 93.3 Å². The molecule has 0 spiro atoms. The Hall–Kier alpha value is -0.340. The molecule has 0 radical (unpaired) electrons. The molecule has 0 saturated heterocycles. The Kier molecular flexibility index (Phi) is 4.81. The van der Waals surface area contributed by atoms with E-state index in [9.17, 15) is 5.11 Å². The summed E-state index contributed by atoms with van der Waals surface area (Å²) in [4.78, 5) is 0. The summed E-state index contributed by atoms with van der Waals surface area (Å²) in [7, 11) is 1.73. The second-order valence-electron chi connectivity index (χ2n) is 5.11. The zero-order valence-corrected chi connectivity index (χ0v) is 10.2. The van der Waals surface area contributed by atoms with E-state index in [0.29, 0.717) is 5.92 Å². The highest BCUT2D eigenvalue weighted by Gasteiger charge is 2.23. The number of hydrogen-bond acceptors (Lipinski definition) is 2. The van der Waals surface area contributed by atoms with E-state index in [1.54, 1.807) is 7.11 Å². The lowest BCUT2D eigenvalue weighted by molar-refractivity contribution is -0.00480. The van der Waals surface area contributed by atoms with Crippen LogP contribution in [0.4, 0.5) is 0 Å². The first-order valence-corrected chi connectivity index (χ1v) is 5.93. The van der Waals surface area contributed by atoms with Gasteiger partial charge in [0.2, 0.25) is 0 Å². The topological polar surface area (TPSA) is 29.5 Å². The Morgan fingerprint density at radius 3 is 2.73 bits per heavy atom. The van der Waals surface area contributed by atoms with Crippen LogP contribution < -0.4 is 0 Å². The highest BCUT2D eigenvalue weighted by Crippen LogP contribution is 2.26. The van der Waals surface area contributed by atoms with E-state index < -0.39 is 0 Å². The van der Waals surface area contributed by atoms with Gasteiger partial charge in [0.25, 0.3) is 0 Å². The van der Waals surface area contributed by atoms with Gasteiger partial charge in [0, 0.05) is 7.11 Å². The molecule has 1 N–H and O–H groups in total. The predicted octanol–water partition coefficient (Wildman–Crippen LogP) is 2.91. The fourth-order valence-corrected chi connectivity index (χ4v) is 2.00. The quantitative estimate of drug-likeness (QED) is 0.710. The molecule has 1 aliphatic carbocycles. The first-order chi connectivity index (χ1) is 7.05. The van der Waals surface area contributed by atoms with Crippen LogP contribution in [-0.2, 0) is 4.74 Å². The predicted molar refractivity (Wildman–Crippen MR) is 62.8 cm³/mol. The summed E-state index contributed by atoms with van der Waals surface area (Å²) in [6.07, 6.45) is 9.30. The fraction of sp³-hybridized carbons (Fsp3) is 0.846. The van der Waals surface area contributed by atoms with Gasteiger partial charge in [-0.1, -0.05) is 12.2 Å². The molecular weight excluding hydrogens is 188 g/mol. The highest BCUT2D eigenvalue weighted by atomic mass is 16.5. The van der Waals surface area contributed by atoms with Gasteiger partial charge < -0.3 is 9.84 Å². The Morgan fingerprint density at radius 2 is 2.20 bits per heavy atom. The summed E-state index contributed by atoms with van der Waals surface area (Å²) in [5.41, 5.74) is -0.106. The summed E-state index contributed by atoms with van der Waals surface area (Å²) in [6, 6.07) is 0. The molecule has 0 aromatic rings.